The third-order valence-corrected chi connectivity index (χ3v) is 8.95. The van der Waals surface area contributed by atoms with Crippen LogP contribution in [0.4, 0.5) is 4.39 Å². The largest absolute Gasteiger partial charge is 0.384 e. The van der Waals surface area contributed by atoms with Gasteiger partial charge in [-0.25, -0.2) is 4.39 Å². The normalized spacial score (nSPS) is 25.9. The molecule has 0 bridgehead atoms. The van der Waals surface area contributed by atoms with Crippen LogP contribution in [-0.4, -0.2) is 61.5 Å². The van der Waals surface area contributed by atoms with E-state index in [9.17, 15) is 19.5 Å². The number of halogens is 1. The molecule has 0 spiro atoms. The summed E-state index contributed by atoms with van der Waals surface area (Å²) in [6.07, 6.45) is 3.77. The highest BCUT2D eigenvalue weighted by Gasteiger charge is 2.54. The van der Waals surface area contributed by atoms with Gasteiger partial charge in [0.2, 0.25) is 11.8 Å². The highest BCUT2D eigenvalue weighted by Crippen LogP contribution is 2.52. The molecule has 3 aliphatic rings. The molecular weight excluding hydrogens is 477 g/mol. The quantitative estimate of drug-likeness (QED) is 0.576. The number of carbonyl (C=O) groups is 3. The number of benzene rings is 1. The van der Waals surface area contributed by atoms with E-state index in [0.717, 1.165) is 5.69 Å². The van der Waals surface area contributed by atoms with Gasteiger partial charge in [0.15, 0.2) is 0 Å². The molecule has 2 N–H and O–H groups in total. The van der Waals surface area contributed by atoms with Crippen LogP contribution in [0.2, 0.25) is 0 Å². The first-order chi connectivity index (χ1) is 17.6. The van der Waals surface area contributed by atoms with Gasteiger partial charge in [-0.05, 0) is 37.8 Å². The van der Waals surface area contributed by atoms with E-state index in [0.29, 0.717) is 38.9 Å². The molecule has 10 heteroatoms. The number of piperidine rings is 2. The Balaban J connectivity index is 1.45. The molecule has 9 nitrogen and oxygen atoms in total. The summed E-state index contributed by atoms with van der Waals surface area (Å²) in [5, 5.41) is 18.8. The number of hydrogen-bond acceptors (Lipinski definition) is 6. The van der Waals surface area contributed by atoms with Crippen LogP contribution in [-0.2, 0) is 35.3 Å². The van der Waals surface area contributed by atoms with E-state index in [1.807, 2.05) is 31.6 Å². The van der Waals surface area contributed by atoms with Crippen LogP contribution in [0.5, 0.6) is 0 Å². The van der Waals surface area contributed by atoms with Crippen molar-refractivity contribution >= 4 is 17.7 Å². The maximum Gasteiger partial charge on any atom is 0.255 e. The molecule has 5 rings (SSSR count). The minimum atomic E-state index is -1.41. The minimum absolute atomic E-state index is 0.0614. The highest BCUT2D eigenvalue weighted by atomic mass is 19.1. The number of likely N-dealkylation sites (tertiary alicyclic amines) is 1. The standard InChI is InChI=1S/C27H34FN5O4/c1-4-26(5-2)16-32(14-17-10-12-29-31(17)3)13-11-27(26,37)20-7-6-18-19(23(20)28)15-33(25(18)36)21-8-9-22(34)30-24(21)35/h6-7,10,12,21,37H,4-5,8-9,11,13-16H2,1-3H3,(H,30,34,35)/t21-,27+/m0/s1. The van der Waals surface area contributed by atoms with Crippen LogP contribution < -0.4 is 5.32 Å². The van der Waals surface area contributed by atoms with Crippen molar-refractivity contribution in [3.8, 4) is 0 Å². The van der Waals surface area contributed by atoms with Crippen LogP contribution in [0.1, 0.15) is 73.1 Å². The van der Waals surface area contributed by atoms with Gasteiger partial charge in [0.1, 0.15) is 17.5 Å². The summed E-state index contributed by atoms with van der Waals surface area (Å²) in [7, 11) is 1.90. The summed E-state index contributed by atoms with van der Waals surface area (Å²) in [4.78, 5) is 40.7. The van der Waals surface area contributed by atoms with Crippen LogP contribution in [0.25, 0.3) is 0 Å². The molecule has 0 saturated carbocycles. The zero-order valence-corrected chi connectivity index (χ0v) is 21.6. The maximum absolute atomic E-state index is 16.2. The Morgan fingerprint density at radius 3 is 2.59 bits per heavy atom. The number of nitrogens with zero attached hydrogens (tertiary/aromatic N) is 4. The Kier molecular flexibility index (Phi) is 6.44. The number of imide groups is 1. The first-order valence-corrected chi connectivity index (χ1v) is 13.0. The fraction of sp³-hybridized carbons (Fsp3) is 0.556. The molecular formula is C27H34FN5O4. The van der Waals surface area contributed by atoms with E-state index in [-0.39, 0.29) is 42.0 Å². The Morgan fingerprint density at radius 1 is 1.19 bits per heavy atom. The number of fused-ring (bicyclic) bond motifs is 1. The van der Waals surface area contributed by atoms with Crippen molar-refractivity contribution in [1.82, 2.24) is 24.9 Å². The van der Waals surface area contributed by atoms with Crippen molar-refractivity contribution in [1.29, 1.82) is 0 Å². The summed E-state index contributed by atoms with van der Waals surface area (Å²) in [5.74, 6) is -1.90. The fourth-order valence-electron chi connectivity index (χ4n) is 6.55. The van der Waals surface area contributed by atoms with Crippen molar-refractivity contribution in [2.45, 2.75) is 70.7 Å². The SMILES string of the molecule is CCC1(CC)CN(Cc2ccnn2C)CC[C@@]1(O)c1ccc2c(c1F)CN([C@H]1CCC(=O)NC1=O)C2=O. The van der Waals surface area contributed by atoms with Gasteiger partial charge in [0.05, 0.1) is 12.2 Å². The van der Waals surface area contributed by atoms with Gasteiger partial charge in [0, 0.05) is 61.4 Å². The minimum Gasteiger partial charge on any atom is -0.384 e. The molecule has 198 valence electrons. The van der Waals surface area contributed by atoms with Gasteiger partial charge in [-0.15, -0.1) is 0 Å². The van der Waals surface area contributed by atoms with Gasteiger partial charge in [-0.1, -0.05) is 19.9 Å². The van der Waals surface area contributed by atoms with Gasteiger partial charge >= 0.3 is 0 Å². The monoisotopic (exact) mass is 511 g/mol. The second-order valence-electron chi connectivity index (χ2n) is 10.6. The molecule has 2 fully saturated rings. The van der Waals surface area contributed by atoms with Gasteiger partial charge in [-0.3, -0.25) is 29.3 Å². The summed E-state index contributed by atoms with van der Waals surface area (Å²) in [5.41, 5.74) is -0.301. The number of rotatable bonds is 6. The van der Waals surface area contributed by atoms with E-state index < -0.39 is 34.7 Å². The summed E-state index contributed by atoms with van der Waals surface area (Å²) in [6, 6.07) is 4.30. The predicted molar refractivity (Wildman–Crippen MR) is 132 cm³/mol. The average molecular weight is 512 g/mol. The molecule has 3 aliphatic heterocycles. The van der Waals surface area contributed by atoms with Crippen molar-refractivity contribution in [3.05, 3.63) is 52.6 Å². The molecule has 2 atom stereocenters. The molecule has 4 heterocycles. The van der Waals surface area contributed by atoms with E-state index in [1.165, 1.54) is 4.90 Å². The lowest BCUT2D eigenvalue weighted by molar-refractivity contribution is -0.150. The van der Waals surface area contributed by atoms with Gasteiger partial charge in [-0.2, -0.15) is 5.10 Å². The second kappa shape index (κ2) is 9.33. The first kappa shape index (κ1) is 25.5. The Hall–Kier alpha value is -3.11. The number of carbonyl (C=O) groups excluding carboxylic acids is 3. The van der Waals surface area contributed by atoms with Crippen molar-refractivity contribution in [3.63, 3.8) is 0 Å². The number of aromatic nitrogens is 2. The van der Waals surface area contributed by atoms with Crippen molar-refractivity contribution in [2.75, 3.05) is 13.1 Å². The molecule has 37 heavy (non-hydrogen) atoms. The molecule has 1 aromatic heterocycles. The number of nitrogens with one attached hydrogen (secondary N) is 1. The first-order valence-electron chi connectivity index (χ1n) is 13.0. The molecule has 0 radical (unpaired) electrons. The number of hydrogen-bond donors (Lipinski definition) is 2. The predicted octanol–water partition coefficient (Wildman–Crippen LogP) is 2.22. The topological polar surface area (TPSA) is 108 Å². The molecule has 2 aromatic rings. The Morgan fingerprint density at radius 2 is 1.95 bits per heavy atom. The molecule has 0 aliphatic carbocycles. The lowest BCUT2D eigenvalue weighted by Crippen LogP contribution is -2.58. The van der Waals surface area contributed by atoms with Crippen molar-refractivity contribution in [2.24, 2.45) is 12.5 Å². The van der Waals surface area contributed by atoms with Crippen LogP contribution in [0.15, 0.2) is 24.4 Å². The summed E-state index contributed by atoms with van der Waals surface area (Å²) >= 11 is 0. The zero-order chi connectivity index (χ0) is 26.5. The van der Waals surface area contributed by atoms with E-state index in [2.05, 4.69) is 15.3 Å². The van der Waals surface area contributed by atoms with Crippen LogP contribution in [0, 0.1) is 11.2 Å². The van der Waals surface area contributed by atoms with Gasteiger partial charge in [0.25, 0.3) is 5.91 Å². The highest BCUT2D eigenvalue weighted by molar-refractivity contribution is 6.05. The lowest BCUT2D eigenvalue weighted by Gasteiger charge is -2.54. The third-order valence-electron chi connectivity index (χ3n) is 8.95. The molecule has 3 amide bonds. The maximum atomic E-state index is 16.2. The van der Waals surface area contributed by atoms with E-state index in [4.69, 9.17) is 0 Å². The van der Waals surface area contributed by atoms with E-state index in [1.54, 1.807) is 18.3 Å². The van der Waals surface area contributed by atoms with Crippen molar-refractivity contribution < 1.29 is 23.9 Å². The molecule has 2 saturated heterocycles. The molecule has 0 unspecified atom stereocenters. The number of aliphatic hydroxyl groups is 1. The van der Waals surface area contributed by atoms with Crippen LogP contribution >= 0.6 is 0 Å². The Labute approximate surface area is 215 Å². The number of amides is 3. The smallest absolute Gasteiger partial charge is 0.255 e. The zero-order valence-electron chi connectivity index (χ0n) is 21.6. The van der Waals surface area contributed by atoms with Crippen LogP contribution in [0.3, 0.4) is 0 Å². The second-order valence-corrected chi connectivity index (χ2v) is 10.6. The lowest BCUT2D eigenvalue weighted by atomic mass is 9.61. The third kappa shape index (κ3) is 3.97. The van der Waals surface area contributed by atoms with E-state index >= 15 is 4.39 Å². The molecule has 1 aromatic carbocycles. The fourth-order valence-corrected chi connectivity index (χ4v) is 6.55. The Bertz CT molecular complexity index is 1260. The summed E-state index contributed by atoms with van der Waals surface area (Å²) < 4.78 is 18.1. The summed E-state index contributed by atoms with van der Waals surface area (Å²) in [6.45, 7) is 5.87. The van der Waals surface area contributed by atoms with Gasteiger partial charge < -0.3 is 10.0 Å². The number of aryl methyl sites for hydroxylation is 1. The average Bonchev–Trinajstić information content (AvgIpc) is 3.43.